The molecule has 40 heavy (non-hydrogen) atoms. The van der Waals surface area contributed by atoms with Gasteiger partial charge in [-0.05, 0) is 74.4 Å². The van der Waals surface area contributed by atoms with E-state index in [2.05, 4.69) is 5.32 Å². The Morgan fingerprint density at radius 1 is 0.875 bits per heavy atom. The lowest BCUT2D eigenvalue weighted by atomic mass is 10.1. The molecule has 3 aromatic carbocycles. The van der Waals surface area contributed by atoms with Crippen molar-refractivity contribution >= 4 is 27.5 Å². The Hall–Kier alpha value is -4.05. The van der Waals surface area contributed by atoms with Crippen LogP contribution in [0, 0.1) is 6.92 Å². The predicted molar refractivity (Wildman–Crippen MR) is 155 cm³/mol. The van der Waals surface area contributed by atoms with E-state index in [-0.39, 0.29) is 17.3 Å². The maximum atomic E-state index is 13.9. The van der Waals surface area contributed by atoms with Gasteiger partial charge in [-0.25, -0.2) is 8.42 Å². The highest BCUT2D eigenvalue weighted by Gasteiger charge is 2.32. The van der Waals surface area contributed by atoms with Gasteiger partial charge in [-0.3, -0.25) is 13.9 Å². The molecule has 0 unspecified atom stereocenters. The van der Waals surface area contributed by atoms with Gasteiger partial charge >= 0.3 is 0 Å². The highest BCUT2D eigenvalue weighted by Crippen LogP contribution is 2.27. The van der Waals surface area contributed by atoms with Crippen LogP contribution >= 0.6 is 0 Å². The van der Waals surface area contributed by atoms with E-state index in [0.29, 0.717) is 23.7 Å². The van der Waals surface area contributed by atoms with Crippen molar-refractivity contribution in [2.24, 2.45) is 0 Å². The molecule has 0 saturated heterocycles. The molecule has 0 bridgehead atoms. The van der Waals surface area contributed by atoms with Gasteiger partial charge in [0.25, 0.3) is 10.0 Å². The molecule has 2 amide bonds. The number of hydrogen-bond donors (Lipinski definition) is 1. The van der Waals surface area contributed by atoms with Gasteiger partial charge in [-0.2, -0.15) is 0 Å². The summed E-state index contributed by atoms with van der Waals surface area (Å²) in [6.45, 7) is 5.50. The van der Waals surface area contributed by atoms with Crippen LogP contribution in [0.5, 0.6) is 11.5 Å². The van der Waals surface area contributed by atoms with E-state index in [0.717, 1.165) is 21.9 Å². The van der Waals surface area contributed by atoms with Crippen molar-refractivity contribution in [3.63, 3.8) is 0 Å². The summed E-state index contributed by atoms with van der Waals surface area (Å²) < 4.78 is 39.2. The fourth-order valence-corrected chi connectivity index (χ4v) is 5.44. The minimum Gasteiger partial charge on any atom is -0.497 e. The molecule has 0 aliphatic rings. The molecular formula is C30H37N3O6S. The van der Waals surface area contributed by atoms with Crippen molar-refractivity contribution in [2.45, 2.75) is 44.7 Å². The largest absolute Gasteiger partial charge is 0.497 e. The molecule has 0 spiro atoms. The normalized spacial score (nSPS) is 11.8. The number of anilines is 1. The lowest BCUT2D eigenvalue weighted by Crippen LogP contribution is -2.51. The van der Waals surface area contributed by atoms with Crippen molar-refractivity contribution in [1.82, 2.24) is 10.2 Å². The molecule has 0 radical (unpaired) electrons. The number of rotatable bonds is 13. The molecule has 0 fully saturated rings. The van der Waals surface area contributed by atoms with E-state index in [1.165, 1.54) is 24.1 Å². The maximum absolute atomic E-state index is 13.9. The van der Waals surface area contributed by atoms with Gasteiger partial charge in [-0.1, -0.05) is 36.8 Å². The van der Waals surface area contributed by atoms with Gasteiger partial charge in [-0.15, -0.1) is 0 Å². The van der Waals surface area contributed by atoms with Gasteiger partial charge in [0.1, 0.15) is 24.1 Å². The highest BCUT2D eigenvalue weighted by atomic mass is 32.2. The molecule has 1 N–H and O–H groups in total. The van der Waals surface area contributed by atoms with E-state index >= 15 is 0 Å². The summed E-state index contributed by atoms with van der Waals surface area (Å²) in [6, 6.07) is 19.2. The molecule has 214 valence electrons. The summed E-state index contributed by atoms with van der Waals surface area (Å²) in [6.07, 6.45) is 0.741. The van der Waals surface area contributed by atoms with Crippen LogP contribution in [-0.2, 0) is 26.2 Å². The minimum atomic E-state index is -4.13. The molecule has 3 aromatic rings. The standard InChI is InChI=1S/C30H37N3O6S/c1-6-19-31-30(35)23(3)32(20-24-9-13-26(38-4)14-10-24)29(34)21-33(25-11-15-27(39-5)16-12-25)40(36,37)28-17-7-22(2)8-18-28/h7-18,23H,6,19-21H2,1-5H3,(H,31,35)/t23-/m1/s1. The zero-order valence-electron chi connectivity index (χ0n) is 23.6. The molecule has 10 heteroatoms. The topological polar surface area (TPSA) is 105 Å². The van der Waals surface area contributed by atoms with Crippen LogP contribution in [0.25, 0.3) is 0 Å². The number of methoxy groups -OCH3 is 2. The van der Waals surface area contributed by atoms with Gasteiger partial charge in [0.2, 0.25) is 11.8 Å². The SMILES string of the molecule is CCCNC(=O)[C@@H](C)N(Cc1ccc(OC)cc1)C(=O)CN(c1ccc(OC)cc1)S(=O)(=O)c1ccc(C)cc1. The molecular weight excluding hydrogens is 530 g/mol. The van der Waals surface area contributed by atoms with E-state index in [1.807, 2.05) is 13.8 Å². The van der Waals surface area contributed by atoms with Crippen LogP contribution in [0.1, 0.15) is 31.4 Å². The fraction of sp³-hybridized carbons (Fsp3) is 0.333. The van der Waals surface area contributed by atoms with Crippen LogP contribution in [0.2, 0.25) is 0 Å². The molecule has 0 aliphatic heterocycles. The third-order valence-corrected chi connectivity index (χ3v) is 8.26. The number of carbonyl (C=O) groups is 2. The van der Waals surface area contributed by atoms with Crippen molar-refractivity contribution in [1.29, 1.82) is 0 Å². The number of amides is 2. The zero-order chi connectivity index (χ0) is 29.3. The van der Waals surface area contributed by atoms with Crippen LogP contribution < -0.4 is 19.1 Å². The summed E-state index contributed by atoms with van der Waals surface area (Å²) in [7, 11) is -1.06. The van der Waals surface area contributed by atoms with E-state index in [9.17, 15) is 18.0 Å². The third kappa shape index (κ3) is 7.53. The Bertz CT molecular complexity index is 1370. The lowest BCUT2D eigenvalue weighted by molar-refractivity contribution is -0.139. The van der Waals surface area contributed by atoms with E-state index in [4.69, 9.17) is 9.47 Å². The Balaban J connectivity index is 2.01. The number of carbonyl (C=O) groups excluding carboxylic acids is 2. The van der Waals surface area contributed by atoms with Gasteiger partial charge in [0.15, 0.2) is 0 Å². The van der Waals surface area contributed by atoms with Crippen LogP contribution in [-0.4, -0.2) is 58.5 Å². The number of benzene rings is 3. The van der Waals surface area contributed by atoms with E-state index in [1.54, 1.807) is 74.7 Å². The quantitative estimate of drug-likeness (QED) is 0.333. The van der Waals surface area contributed by atoms with Gasteiger partial charge in [0, 0.05) is 13.1 Å². The van der Waals surface area contributed by atoms with Crippen molar-refractivity contribution < 1.29 is 27.5 Å². The van der Waals surface area contributed by atoms with Crippen LogP contribution in [0.15, 0.2) is 77.7 Å². The summed E-state index contributed by atoms with van der Waals surface area (Å²) in [5, 5.41) is 2.83. The second-order valence-electron chi connectivity index (χ2n) is 9.36. The first kappa shape index (κ1) is 30.5. The number of nitrogens with zero attached hydrogens (tertiary/aromatic N) is 2. The van der Waals surface area contributed by atoms with Crippen molar-refractivity contribution in [3.05, 3.63) is 83.9 Å². The van der Waals surface area contributed by atoms with E-state index < -0.39 is 28.5 Å². The molecule has 0 heterocycles. The number of sulfonamides is 1. The molecule has 0 aromatic heterocycles. The Morgan fingerprint density at radius 3 is 1.95 bits per heavy atom. The maximum Gasteiger partial charge on any atom is 0.264 e. The second kappa shape index (κ2) is 13.8. The monoisotopic (exact) mass is 567 g/mol. The number of nitrogens with one attached hydrogen (secondary N) is 1. The van der Waals surface area contributed by atoms with Crippen molar-refractivity contribution in [2.75, 3.05) is 31.6 Å². The Morgan fingerprint density at radius 2 is 1.43 bits per heavy atom. The summed E-state index contributed by atoms with van der Waals surface area (Å²) in [4.78, 5) is 28.3. The summed E-state index contributed by atoms with van der Waals surface area (Å²) >= 11 is 0. The summed E-state index contributed by atoms with van der Waals surface area (Å²) in [5.74, 6) is 0.359. The zero-order valence-corrected chi connectivity index (χ0v) is 24.4. The average Bonchev–Trinajstić information content (AvgIpc) is 2.97. The Labute approximate surface area is 236 Å². The smallest absolute Gasteiger partial charge is 0.264 e. The molecule has 3 rings (SSSR count). The molecule has 9 nitrogen and oxygen atoms in total. The first-order valence-electron chi connectivity index (χ1n) is 13.0. The molecule has 0 aliphatic carbocycles. The number of aryl methyl sites for hydroxylation is 1. The first-order chi connectivity index (χ1) is 19.1. The Kier molecular flexibility index (Phi) is 10.6. The van der Waals surface area contributed by atoms with Gasteiger partial charge in [0.05, 0.1) is 24.8 Å². The minimum absolute atomic E-state index is 0.0529. The van der Waals surface area contributed by atoms with Crippen LogP contribution in [0.4, 0.5) is 5.69 Å². The second-order valence-corrected chi connectivity index (χ2v) is 11.2. The third-order valence-electron chi connectivity index (χ3n) is 6.48. The van der Waals surface area contributed by atoms with Gasteiger partial charge < -0.3 is 19.7 Å². The van der Waals surface area contributed by atoms with Crippen LogP contribution in [0.3, 0.4) is 0 Å². The predicted octanol–water partition coefficient (Wildman–Crippen LogP) is 4.15. The number of ether oxygens (including phenoxy) is 2. The molecule has 1 atom stereocenters. The average molecular weight is 568 g/mol. The van der Waals surface area contributed by atoms with Crippen molar-refractivity contribution in [3.8, 4) is 11.5 Å². The fourth-order valence-electron chi connectivity index (χ4n) is 4.02. The molecule has 0 saturated carbocycles. The lowest BCUT2D eigenvalue weighted by Gasteiger charge is -2.32. The number of hydrogen-bond acceptors (Lipinski definition) is 6. The first-order valence-corrected chi connectivity index (χ1v) is 14.5. The summed E-state index contributed by atoms with van der Waals surface area (Å²) in [5.41, 5.74) is 1.97. The highest BCUT2D eigenvalue weighted by molar-refractivity contribution is 7.92.